The van der Waals surface area contributed by atoms with Crippen LogP contribution in [0, 0.1) is 5.92 Å². The summed E-state index contributed by atoms with van der Waals surface area (Å²) in [5.41, 5.74) is 1.09. The molecular formula is C13H21N3O. The molecule has 0 aromatic carbocycles. The first-order chi connectivity index (χ1) is 8.25. The molecule has 0 amide bonds. The van der Waals surface area contributed by atoms with Crippen LogP contribution in [0.5, 0.6) is 0 Å². The highest BCUT2D eigenvalue weighted by atomic mass is 16.5. The summed E-state index contributed by atoms with van der Waals surface area (Å²) in [6.45, 7) is 7.01. The zero-order chi connectivity index (χ0) is 12.1. The minimum atomic E-state index is 0.441. The number of nitrogens with one attached hydrogen (secondary N) is 1. The van der Waals surface area contributed by atoms with Gasteiger partial charge in [-0.15, -0.1) is 0 Å². The van der Waals surface area contributed by atoms with Crippen molar-refractivity contribution < 1.29 is 4.74 Å². The SMILES string of the molecule is CC(C)c1cc(NCC2CCCOC2)ncn1. The number of hydrogen-bond acceptors (Lipinski definition) is 4. The lowest BCUT2D eigenvalue weighted by atomic mass is 10.0. The molecule has 1 atom stereocenters. The van der Waals surface area contributed by atoms with Gasteiger partial charge in [-0.05, 0) is 24.7 Å². The standard InChI is InChI=1S/C13H21N3O/c1-10(2)12-6-13(16-9-15-12)14-7-11-4-3-5-17-8-11/h6,9-11H,3-5,7-8H2,1-2H3,(H,14,15,16). The van der Waals surface area contributed by atoms with Gasteiger partial charge in [0, 0.05) is 24.9 Å². The Morgan fingerprint density at radius 3 is 3.06 bits per heavy atom. The Morgan fingerprint density at radius 2 is 2.35 bits per heavy atom. The molecule has 0 radical (unpaired) electrons. The Kier molecular flexibility index (Phi) is 4.31. The van der Waals surface area contributed by atoms with Gasteiger partial charge in [-0.3, -0.25) is 0 Å². The largest absolute Gasteiger partial charge is 0.381 e. The Morgan fingerprint density at radius 1 is 1.47 bits per heavy atom. The van der Waals surface area contributed by atoms with E-state index >= 15 is 0 Å². The fourth-order valence-corrected chi connectivity index (χ4v) is 2.00. The molecule has 0 bridgehead atoms. The van der Waals surface area contributed by atoms with Gasteiger partial charge in [0.1, 0.15) is 12.1 Å². The second-order valence-corrected chi connectivity index (χ2v) is 4.95. The first-order valence-corrected chi connectivity index (χ1v) is 6.39. The van der Waals surface area contributed by atoms with Crippen LogP contribution in [-0.4, -0.2) is 29.7 Å². The van der Waals surface area contributed by atoms with Crippen LogP contribution in [0.15, 0.2) is 12.4 Å². The van der Waals surface area contributed by atoms with Crippen molar-refractivity contribution >= 4 is 5.82 Å². The summed E-state index contributed by atoms with van der Waals surface area (Å²) >= 11 is 0. The molecule has 4 nitrogen and oxygen atoms in total. The molecule has 17 heavy (non-hydrogen) atoms. The third-order valence-corrected chi connectivity index (χ3v) is 3.11. The van der Waals surface area contributed by atoms with Crippen molar-refractivity contribution in [3.05, 3.63) is 18.1 Å². The summed E-state index contributed by atoms with van der Waals surface area (Å²) in [6, 6.07) is 2.04. The minimum Gasteiger partial charge on any atom is -0.381 e. The van der Waals surface area contributed by atoms with Gasteiger partial charge in [-0.2, -0.15) is 0 Å². The van der Waals surface area contributed by atoms with Crippen molar-refractivity contribution in [3.8, 4) is 0 Å². The molecule has 1 saturated heterocycles. The lowest BCUT2D eigenvalue weighted by Crippen LogP contribution is -2.24. The van der Waals surface area contributed by atoms with Crippen LogP contribution in [0.2, 0.25) is 0 Å². The van der Waals surface area contributed by atoms with Crippen molar-refractivity contribution in [1.29, 1.82) is 0 Å². The molecule has 1 aromatic rings. The molecule has 2 rings (SSSR count). The zero-order valence-electron chi connectivity index (χ0n) is 10.6. The molecule has 0 saturated carbocycles. The highest BCUT2D eigenvalue weighted by Crippen LogP contribution is 2.16. The maximum Gasteiger partial charge on any atom is 0.129 e. The average molecular weight is 235 g/mol. The first-order valence-electron chi connectivity index (χ1n) is 6.39. The van der Waals surface area contributed by atoms with Gasteiger partial charge in [0.2, 0.25) is 0 Å². The predicted molar refractivity (Wildman–Crippen MR) is 68.2 cm³/mol. The van der Waals surface area contributed by atoms with Crippen molar-refractivity contribution in [2.75, 3.05) is 25.1 Å². The van der Waals surface area contributed by atoms with Crippen molar-refractivity contribution in [2.45, 2.75) is 32.6 Å². The molecular weight excluding hydrogens is 214 g/mol. The van der Waals surface area contributed by atoms with Gasteiger partial charge in [0.15, 0.2) is 0 Å². The molecule has 1 aliphatic rings. The lowest BCUT2D eigenvalue weighted by Gasteiger charge is -2.22. The van der Waals surface area contributed by atoms with Gasteiger partial charge in [0.25, 0.3) is 0 Å². The topological polar surface area (TPSA) is 47.0 Å². The third-order valence-electron chi connectivity index (χ3n) is 3.11. The fourth-order valence-electron chi connectivity index (χ4n) is 2.00. The number of nitrogens with zero attached hydrogens (tertiary/aromatic N) is 2. The van der Waals surface area contributed by atoms with Crippen molar-refractivity contribution in [1.82, 2.24) is 9.97 Å². The summed E-state index contributed by atoms with van der Waals surface area (Å²) < 4.78 is 5.46. The van der Waals surface area contributed by atoms with E-state index in [0.29, 0.717) is 11.8 Å². The van der Waals surface area contributed by atoms with Crippen LogP contribution in [0.25, 0.3) is 0 Å². The molecule has 1 unspecified atom stereocenters. The molecule has 2 heterocycles. The summed E-state index contributed by atoms with van der Waals surface area (Å²) in [6.07, 6.45) is 4.05. The summed E-state index contributed by atoms with van der Waals surface area (Å²) in [4.78, 5) is 8.50. The molecule has 1 N–H and O–H groups in total. The monoisotopic (exact) mass is 235 g/mol. The van der Waals surface area contributed by atoms with Gasteiger partial charge in [-0.25, -0.2) is 9.97 Å². The number of ether oxygens (including phenoxy) is 1. The van der Waals surface area contributed by atoms with Gasteiger partial charge in [0.05, 0.1) is 6.61 Å². The molecule has 4 heteroatoms. The van der Waals surface area contributed by atoms with Crippen LogP contribution in [-0.2, 0) is 4.74 Å². The fraction of sp³-hybridized carbons (Fsp3) is 0.692. The Labute approximate surface area is 103 Å². The van der Waals surface area contributed by atoms with Crippen LogP contribution >= 0.6 is 0 Å². The van der Waals surface area contributed by atoms with E-state index in [-0.39, 0.29) is 0 Å². The molecule has 1 aliphatic heterocycles. The smallest absolute Gasteiger partial charge is 0.129 e. The highest BCUT2D eigenvalue weighted by Gasteiger charge is 2.13. The normalized spacial score (nSPS) is 20.5. The minimum absolute atomic E-state index is 0.441. The molecule has 94 valence electrons. The number of aromatic nitrogens is 2. The third kappa shape index (κ3) is 3.66. The van der Waals surface area contributed by atoms with Gasteiger partial charge < -0.3 is 10.1 Å². The van der Waals surface area contributed by atoms with E-state index in [2.05, 4.69) is 29.1 Å². The number of hydrogen-bond donors (Lipinski definition) is 1. The highest BCUT2D eigenvalue weighted by molar-refractivity contribution is 5.35. The molecule has 1 aromatic heterocycles. The Hall–Kier alpha value is -1.16. The van der Waals surface area contributed by atoms with Crippen LogP contribution in [0.1, 0.15) is 38.3 Å². The molecule has 0 spiro atoms. The summed E-state index contributed by atoms with van der Waals surface area (Å²) in [5.74, 6) is 1.98. The maximum atomic E-state index is 5.46. The number of anilines is 1. The van der Waals surface area contributed by atoms with Crippen LogP contribution in [0.3, 0.4) is 0 Å². The molecule has 1 fully saturated rings. The van der Waals surface area contributed by atoms with Crippen molar-refractivity contribution in [2.24, 2.45) is 5.92 Å². The van der Waals surface area contributed by atoms with Gasteiger partial charge >= 0.3 is 0 Å². The lowest BCUT2D eigenvalue weighted by molar-refractivity contribution is 0.0595. The summed E-state index contributed by atoms with van der Waals surface area (Å²) in [5, 5.41) is 3.38. The van der Waals surface area contributed by atoms with E-state index in [4.69, 9.17) is 4.74 Å². The van der Waals surface area contributed by atoms with Crippen molar-refractivity contribution in [3.63, 3.8) is 0 Å². The average Bonchev–Trinajstić information content (AvgIpc) is 2.38. The Bertz CT molecular complexity index is 348. The second kappa shape index (κ2) is 5.96. The zero-order valence-corrected chi connectivity index (χ0v) is 10.6. The van der Waals surface area contributed by atoms with Crippen LogP contribution < -0.4 is 5.32 Å². The van der Waals surface area contributed by atoms with E-state index in [9.17, 15) is 0 Å². The first kappa shape index (κ1) is 12.3. The maximum absolute atomic E-state index is 5.46. The quantitative estimate of drug-likeness (QED) is 0.870. The van der Waals surface area contributed by atoms with E-state index in [1.165, 1.54) is 12.8 Å². The Balaban J connectivity index is 1.87. The second-order valence-electron chi connectivity index (χ2n) is 4.95. The molecule has 0 aliphatic carbocycles. The summed E-state index contributed by atoms with van der Waals surface area (Å²) in [7, 11) is 0. The van der Waals surface area contributed by atoms with E-state index < -0.39 is 0 Å². The predicted octanol–water partition coefficient (Wildman–Crippen LogP) is 2.44. The number of rotatable bonds is 4. The van der Waals surface area contributed by atoms with E-state index in [0.717, 1.165) is 31.3 Å². The van der Waals surface area contributed by atoms with E-state index in [1.54, 1.807) is 6.33 Å². The van der Waals surface area contributed by atoms with Crippen LogP contribution in [0.4, 0.5) is 5.82 Å². The van der Waals surface area contributed by atoms with E-state index in [1.807, 2.05) is 6.07 Å². The van der Waals surface area contributed by atoms with Gasteiger partial charge in [-0.1, -0.05) is 13.8 Å².